The number of anilines is 1. The van der Waals surface area contributed by atoms with E-state index in [0.717, 1.165) is 11.3 Å². The van der Waals surface area contributed by atoms with Gasteiger partial charge in [0, 0.05) is 19.3 Å². The topological polar surface area (TPSA) is 53.3 Å². The number of fused-ring (bicyclic) bond motifs is 1. The monoisotopic (exact) mass is 216 g/mol. The molecule has 2 rings (SSSR count). The molecule has 0 atom stereocenters. The Labute approximate surface area is 94.0 Å². The largest absolute Gasteiger partial charge is 0.383 e. The van der Waals surface area contributed by atoms with E-state index in [4.69, 9.17) is 10.00 Å². The summed E-state index contributed by atoms with van der Waals surface area (Å²) in [6.07, 6.45) is 0.383. The van der Waals surface area contributed by atoms with Crippen molar-refractivity contribution < 1.29 is 9.53 Å². The van der Waals surface area contributed by atoms with Gasteiger partial charge in [-0.1, -0.05) is 0 Å². The van der Waals surface area contributed by atoms with E-state index in [1.165, 1.54) is 0 Å². The number of methoxy groups -OCH3 is 1. The zero-order valence-electron chi connectivity index (χ0n) is 9.06. The van der Waals surface area contributed by atoms with Crippen LogP contribution in [0.15, 0.2) is 18.2 Å². The van der Waals surface area contributed by atoms with Crippen LogP contribution in [-0.2, 0) is 16.0 Å². The molecule has 1 heterocycles. The molecule has 0 aliphatic carbocycles. The van der Waals surface area contributed by atoms with Gasteiger partial charge in [-0.3, -0.25) is 4.79 Å². The van der Waals surface area contributed by atoms with Crippen molar-refractivity contribution in [2.24, 2.45) is 0 Å². The second kappa shape index (κ2) is 4.33. The summed E-state index contributed by atoms with van der Waals surface area (Å²) in [4.78, 5) is 13.4. The van der Waals surface area contributed by atoms with Gasteiger partial charge in [-0.05, 0) is 23.8 Å². The lowest BCUT2D eigenvalue weighted by Crippen LogP contribution is -2.30. The molecule has 0 saturated carbocycles. The number of rotatable bonds is 3. The van der Waals surface area contributed by atoms with E-state index in [2.05, 4.69) is 6.07 Å². The van der Waals surface area contributed by atoms with Gasteiger partial charge in [0.25, 0.3) is 0 Å². The predicted molar refractivity (Wildman–Crippen MR) is 59.1 cm³/mol. The average molecular weight is 216 g/mol. The van der Waals surface area contributed by atoms with Crippen LogP contribution in [0.5, 0.6) is 0 Å². The molecular formula is C12H12N2O2. The van der Waals surface area contributed by atoms with Crippen LogP contribution in [0.25, 0.3) is 0 Å². The van der Waals surface area contributed by atoms with E-state index in [1.807, 2.05) is 6.07 Å². The van der Waals surface area contributed by atoms with Gasteiger partial charge in [-0.15, -0.1) is 0 Å². The number of ether oxygens (including phenoxy) is 1. The van der Waals surface area contributed by atoms with Gasteiger partial charge in [-0.2, -0.15) is 5.26 Å². The van der Waals surface area contributed by atoms with E-state index in [9.17, 15) is 4.79 Å². The maximum absolute atomic E-state index is 11.7. The van der Waals surface area contributed by atoms with Crippen LogP contribution >= 0.6 is 0 Å². The maximum Gasteiger partial charge on any atom is 0.231 e. The molecule has 0 unspecified atom stereocenters. The summed E-state index contributed by atoms with van der Waals surface area (Å²) in [6, 6.07) is 7.41. The van der Waals surface area contributed by atoms with Crippen LogP contribution in [0.4, 0.5) is 5.69 Å². The fourth-order valence-electron chi connectivity index (χ4n) is 1.88. The van der Waals surface area contributed by atoms with Crippen LogP contribution in [-0.4, -0.2) is 26.2 Å². The quantitative estimate of drug-likeness (QED) is 0.760. The molecule has 4 heteroatoms. The third-order valence-corrected chi connectivity index (χ3v) is 2.66. The summed E-state index contributed by atoms with van der Waals surface area (Å²) in [5.41, 5.74) is 2.43. The average Bonchev–Trinajstić information content (AvgIpc) is 2.61. The molecule has 1 amide bonds. The first-order valence-corrected chi connectivity index (χ1v) is 5.08. The maximum atomic E-state index is 11.7. The molecule has 1 aromatic rings. The molecule has 1 aliphatic rings. The van der Waals surface area contributed by atoms with Crippen molar-refractivity contribution in [3.05, 3.63) is 29.3 Å². The molecule has 1 aliphatic heterocycles. The van der Waals surface area contributed by atoms with Crippen LogP contribution in [0, 0.1) is 11.3 Å². The molecule has 0 radical (unpaired) electrons. The van der Waals surface area contributed by atoms with Gasteiger partial charge < -0.3 is 9.64 Å². The summed E-state index contributed by atoms with van der Waals surface area (Å²) < 4.78 is 4.97. The van der Waals surface area contributed by atoms with Gasteiger partial charge in [0.15, 0.2) is 0 Å². The Bertz CT molecular complexity index is 463. The summed E-state index contributed by atoms with van der Waals surface area (Å²) in [5, 5.41) is 8.77. The Kier molecular flexibility index (Phi) is 2.88. The lowest BCUT2D eigenvalue weighted by atomic mass is 10.1. The second-order valence-electron chi connectivity index (χ2n) is 3.67. The Morgan fingerprint density at radius 3 is 3.06 bits per heavy atom. The zero-order chi connectivity index (χ0) is 11.5. The van der Waals surface area contributed by atoms with Crippen molar-refractivity contribution in [2.75, 3.05) is 25.2 Å². The van der Waals surface area contributed by atoms with Crippen molar-refractivity contribution in [2.45, 2.75) is 6.42 Å². The van der Waals surface area contributed by atoms with Gasteiger partial charge in [-0.25, -0.2) is 0 Å². The lowest BCUT2D eigenvalue weighted by Gasteiger charge is -2.16. The minimum Gasteiger partial charge on any atom is -0.383 e. The molecule has 16 heavy (non-hydrogen) atoms. The van der Waals surface area contributed by atoms with E-state index < -0.39 is 0 Å². The number of amides is 1. The van der Waals surface area contributed by atoms with Crippen LogP contribution in [0.2, 0.25) is 0 Å². The standard InChI is InChI=1S/C12H12N2O2/c1-16-5-4-14-11-3-2-9(8-13)6-10(11)7-12(14)15/h2-3,6H,4-5,7H2,1H3. The first-order chi connectivity index (χ1) is 7.76. The fourth-order valence-corrected chi connectivity index (χ4v) is 1.88. The first-order valence-electron chi connectivity index (χ1n) is 5.08. The van der Waals surface area contributed by atoms with Crippen LogP contribution in [0.3, 0.4) is 0 Å². The smallest absolute Gasteiger partial charge is 0.231 e. The number of carbonyl (C=O) groups is 1. The summed E-state index contributed by atoms with van der Waals surface area (Å²) in [6.45, 7) is 1.08. The number of nitrogens with zero attached hydrogens (tertiary/aromatic N) is 2. The van der Waals surface area contributed by atoms with Crippen molar-refractivity contribution in [1.29, 1.82) is 5.26 Å². The molecule has 82 valence electrons. The fraction of sp³-hybridized carbons (Fsp3) is 0.333. The van der Waals surface area contributed by atoms with Crippen molar-refractivity contribution >= 4 is 11.6 Å². The highest BCUT2D eigenvalue weighted by Gasteiger charge is 2.26. The highest BCUT2D eigenvalue weighted by Crippen LogP contribution is 2.29. The summed E-state index contributed by atoms with van der Waals surface area (Å²) in [5.74, 6) is 0.0714. The van der Waals surface area contributed by atoms with Crippen molar-refractivity contribution in [3.63, 3.8) is 0 Å². The van der Waals surface area contributed by atoms with Crippen molar-refractivity contribution in [3.8, 4) is 6.07 Å². The SMILES string of the molecule is COCCN1C(=O)Cc2cc(C#N)ccc21. The van der Waals surface area contributed by atoms with E-state index in [-0.39, 0.29) is 5.91 Å². The van der Waals surface area contributed by atoms with Crippen LogP contribution < -0.4 is 4.90 Å². The number of hydrogen-bond acceptors (Lipinski definition) is 3. The molecule has 0 N–H and O–H groups in total. The third-order valence-electron chi connectivity index (χ3n) is 2.66. The van der Waals surface area contributed by atoms with E-state index in [1.54, 1.807) is 24.1 Å². The molecule has 0 spiro atoms. The molecule has 0 saturated heterocycles. The lowest BCUT2D eigenvalue weighted by molar-refractivity contribution is -0.117. The third kappa shape index (κ3) is 1.77. The number of hydrogen-bond donors (Lipinski definition) is 0. The minimum absolute atomic E-state index is 0.0714. The zero-order valence-corrected chi connectivity index (χ0v) is 9.06. The Morgan fingerprint density at radius 1 is 1.56 bits per heavy atom. The highest BCUT2D eigenvalue weighted by molar-refractivity contribution is 6.01. The minimum atomic E-state index is 0.0714. The van der Waals surface area contributed by atoms with Crippen LogP contribution in [0.1, 0.15) is 11.1 Å². The van der Waals surface area contributed by atoms with E-state index >= 15 is 0 Å². The number of carbonyl (C=O) groups excluding carboxylic acids is 1. The second-order valence-corrected chi connectivity index (χ2v) is 3.67. The molecule has 1 aromatic carbocycles. The number of nitriles is 1. The van der Waals surface area contributed by atoms with Gasteiger partial charge >= 0.3 is 0 Å². The Hall–Kier alpha value is -1.86. The molecule has 0 fully saturated rings. The molecule has 4 nitrogen and oxygen atoms in total. The Morgan fingerprint density at radius 2 is 2.38 bits per heavy atom. The molecule has 0 aromatic heterocycles. The molecular weight excluding hydrogens is 204 g/mol. The first kappa shape index (κ1) is 10.7. The normalized spacial score (nSPS) is 13.8. The summed E-state index contributed by atoms with van der Waals surface area (Å²) >= 11 is 0. The predicted octanol–water partition coefficient (Wildman–Crippen LogP) is 1.09. The van der Waals surface area contributed by atoms with Gasteiger partial charge in [0.1, 0.15) is 0 Å². The highest BCUT2D eigenvalue weighted by atomic mass is 16.5. The summed E-state index contributed by atoms with van der Waals surface area (Å²) in [7, 11) is 1.61. The Balaban J connectivity index is 2.28. The number of benzene rings is 1. The van der Waals surface area contributed by atoms with Gasteiger partial charge in [0.05, 0.1) is 24.7 Å². The molecule has 0 bridgehead atoms. The van der Waals surface area contributed by atoms with Gasteiger partial charge in [0.2, 0.25) is 5.91 Å². The van der Waals surface area contributed by atoms with Crippen molar-refractivity contribution in [1.82, 2.24) is 0 Å². The van der Waals surface area contributed by atoms with E-state index in [0.29, 0.717) is 25.1 Å².